The number of hydrogen-bond donors (Lipinski definition) is 1. The second-order valence-electron chi connectivity index (χ2n) is 5.87. The monoisotopic (exact) mass is 260 g/mol. The van der Waals surface area contributed by atoms with Crippen molar-refractivity contribution in [2.24, 2.45) is 0 Å². The predicted octanol–water partition coefficient (Wildman–Crippen LogP) is 3.43. The Labute approximate surface area is 118 Å². The summed E-state index contributed by atoms with van der Waals surface area (Å²) < 4.78 is 0. The van der Waals surface area contributed by atoms with Crippen LogP contribution in [0.3, 0.4) is 0 Å². The van der Waals surface area contributed by atoms with Gasteiger partial charge in [-0.3, -0.25) is 0 Å². The van der Waals surface area contributed by atoms with Gasteiger partial charge in [-0.15, -0.1) is 0 Å². The number of rotatable bonds is 7. The quantitative estimate of drug-likeness (QED) is 0.756. The minimum Gasteiger partial charge on any atom is -0.314 e. The highest BCUT2D eigenvalue weighted by atomic mass is 15.1. The van der Waals surface area contributed by atoms with Gasteiger partial charge in [-0.25, -0.2) is 0 Å². The summed E-state index contributed by atoms with van der Waals surface area (Å²) in [6.07, 6.45) is 8.31. The van der Waals surface area contributed by atoms with Gasteiger partial charge in [0.05, 0.1) is 0 Å². The first-order valence-electron chi connectivity index (χ1n) is 7.80. The van der Waals surface area contributed by atoms with Gasteiger partial charge in [0.25, 0.3) is 0 Å². The minimum atomic E-state index is 0.799. The van der Waals surface area contributed by atoms with E-state index >= 15 is 0 Å². The molecule has 2 heteroatoms. The van der Waals surface area contributed by atoms with Crippen molar-refractivity contribution in [3.05, 3.63) is 35.9 Å². The highest BCUT2D eigenvalue weighted by molar-refractivity contribution is 5.14. The maximum Gasteiger partial charge on any atom is 0.0230 e. The van der Waals surface area contributed by atoms with E-state index in [2.05, 4.69) is 47.6 Å². The van der Waals surface area contributed by atoms with Gasteiger partial charge in [0.15, 0.2) is 0 Å². The molecule has 0 aromatic heterocycles. The minimum absolute atomic E-state index is 0.799. The molecule has 19 heavy (non-hydrogen) atoms. The van der Waals surface area contributed by atoms with E-state index in [4.69, 9.17) is 0 Å². The van der Waals surface area contributed by atoms with Gasteiger partial charge in [-0.2, -0.15) is 0 Å². The van der Waals surface area contributed by atoms with Gasteiger partial charge in [-0.1, -0.05) is 49.6 Å². The summed E-state index contributed by atoms with van der Waals surface area (Å²) in [5.41, 5.74) is 1.41. The zero-order valence-electron chi connectivity index (χ0n) is 12.3. The fourth-order valence-electron chi connectivity index (χ4n) is 2.94. The average Bonchev–Trinajstić information content (AvgIpc) is 2.46. The third-order valence-corrected chi connectivity index (χ3v) is 4.05. The molecule has 0 aliphatic heterocycles. The zero-order chi connectivity index (χ0) is 13.3. The standard InChI is InChI=1S/C17H28N2/c1-19(15-16-9-4-2-5-10-16)14-8-13-18-17-11-6-3-7-12-17/h2,4-5,9-10,17-18H,3,6-8,11-15H2,1H3. The van der Waals surface area contributed by atoms with Crippen LogP contribution in [0.1, 0.15) is 44.1 Å². The summed E-state index contributed by atoms with van der Waals surface area (Å²) in [6.45, 7) is 3.41. The van der Waals surface area contributed by atoms with E-state index in [1.165, 1.54) is 57.2 Å². The molecule has 1 aliphatic carbocycles. The largest absolute Gasteiger partial charge is 0.314 e. The van der Waals surface area contributed by atoms with Crippen LogP contribution in [-0.2, 0) is 6.54 Å². The van der Waals surface area contributed by atoms with Crippen molar-refractivity contribution in [2.75, 3.05) is 20.1 Å². The molecule has 0 heterocycles. The van der Waals surface area contributed by atoms with Gasteiger partial charge in [0, 0.05) is 12.6 Å². The number of hydrogen-bond acceptors (Lipinski definition) is 2. The van der Waals surface area contributed by atoms with E-state index in [1.54, 1.807) is 0 Å². The van der Waals surface area contributed by atoms with Crippen LogP contribution in [0.15, 0.2) is 30.3 Å². The van der Waals surface area contributed by atoms with Gasteiger partial charge in [0.1, 0.15) is 0 Å². The van der Waals surface area contributed by atoms with Gasteiger partial charge in [0.2, 0.25) is 0 Å². The molecule has 1 fully saturated rings. The summed E-state index contributed by atoms with van der Waals surface area (Å²) in [4.78, 5) is 2.41. The Bertz CT molecular complexity index is 330. The molecule has 106 valence electrons. The Hall–Kier alpha value is -0.860. The van der Waals surface area contributed by atoms with E-state index in [-0.39, 0.29) is 0 Å². The molecule has 0 saturated heterocycles. The summed E-state index contributed by atoms with van der Waals surface area (Å²) in [5.74, 6) is 0. The maximum absolute atomic E-state index is 3.71. The van der Waals surface area contributed by atoms with Crippen LogP contribution in [0.2, 0.25) is 0 Å². The van der Waals surface area contributed by atoms with Crippen LogP contribution in [0.5, 0.6) is 0 Å². The second kappa shape index (κ2) is 8.34. The average molecular weight is 260 g/mol. The SMILES string of the molecule is CN(CCCNC1CCCCC1)Cc1ccccc1. The molecule has 0 unspecified atom stereocenters. The lowest BCUT2D eigenvalue weighted by atomic mass is 9.95. The van der Waals surface area contributed by atoms with Crippen molar-refractivity contribution in [3.8, 4) is 0 Å². The Balaban J connectivity index is 1.55. The molecular formula is C17H28N2. The highest BCUT2D eigenvalue weighted by Gasteiger charge is 2.11. The van der Waals surface area contributed by atoms with E-state index in [1.807, 2.05) is 0 Å². The van der Waals surface area contributed by atoms with Crippen molar-refractivity contribution in [1.82, 2.24) is 10.2 Å². The van der Waals surface area contributed by atoms with Crippen LogP contribution in [-0.4, -0.2) is 31.1 Å². The summed E-state index contributed by atoms with van der Waals surface area (Å²) in [5, 5.41) is 3.71. The summed E-state index contributed by atoms with van der Waals surface area (Å²) in [7, 11) is 2.22. The maximum atomic E-state index is 3.71. The molecule has 2 nitrogen and oxygen atoms in total. The molecule has 1 saturated carbocycles. The number of nitrogens with one attached hydrogen (secondary N) is 1. The smallest absolute Gasteiger partial charge is 0.0230 e. The first kappa shape index (κ1) is 14.5. The number of benzene rings is 1. The van der Waals surface area contributed by atoms with Crippen molar-refractivity contribution in [1.29, 1.82) is 0 Å². The molecule has 0 atom stereocenters. The molecular weight excluding hydrogens is 232 g/mol. The molecule has 0 radical (unpaired) electrons. The Morgan fingerprint density at radius 2 is 1.84 bits per heavy atom. The third kappa shape index (κ3) is 5.75. The first-order chi connectivity index (χ1) is 9.34. The van der Waals surface area contributed by atoms with Gasteiger partial charge < -0.3 is 10.2 Å². The third-order valence-electron chi connectivity index (χ3n) is 4.05. The van der Waals surface area contributed by atoms with Crippen LogP contribution in [0, 0.1) is 0 Å². The molecule has 2 rings (SSSR count). The topological polar surface area (TPSA) is 15.3 Å². The van der Waals surface area contributed by atoms with E-state index in [0.717, 1.165) is 12.6 Å². The van der Waals surface area contributed by atoms with E-state index < -0.39 is 0 Å². The predicted molar refractivity (Wildman–Crippen MR) is 82.3 cm³/mol. The summed E-state index contributed by atoms with van der Waals surface area (Å²) >= 11 is 0. The van der Waals surface area contributed by atoms with Crippen LogP contribution >= 0.6 is 0 Å². The first-order valence-corrected chi connectivity index (χ1v) is 7.80. The molecule has 0 bridgehead atoms. The van der Waals surface area contributed by atoms with Crippen molar-refractivity contribution >= 4 is 0 Å². The zero-order valence-corrected chi connectivity index (χ0v) is 12.3. The fourth-order valence-corrected chi connectivity index (χ4v) is 2.94. The lowest BCUT2D eigenvalue weighted by Gasteiger charge is -2.23. The summed E-state index contributed by atoms with van der Waals surface area (Å²) in [6, 6.07) is 11.5. The molecule has 0 spiro atoms. The molecule has 0 amide bonds. The Morgan fingerprint density at radius 3 is 2.58 bits per heavy atom. The van der Waals surface area contributed by atoms with E-state index in [0.29, 0.717) is 0 Å². The van der Waals surface area contributed by atoms with Crippen molar-refractivity contribution in [3.63, 3.8) is 0 Å². The Morgan fingerprint density at radius 1 is 1.11 bits per heavy atom. The van der Waals surface area contributed by atoms with E-state index in [9.17, 15) is 0 Å². The van der Waals surface area contributed by atoms with Crippen molar-refractivity contribution < 1.29 is 0 Å². The van der Waals surface area contributed by atoms with Crippen LogP contribution < -0.4 is 5.32 Å². The fraction of sp³-hybridized carbons (Fsp3) is 0.647. The lowest BCUT2D eigenvalue weighted by molar-refractivity contribution is 0.308. The highest BCUT2D eigenvalue weighted by Crippen LogP contribution is 2.17. The molecule has 1 N–H and O–H groups in total. The van der Waals surface area contributed by atoms with Crippen LogP contribution in [0.25, 0.3) is 0 Å². The van der Waals surface area contributed by atoms with Crippen molar-refractivity contribution in [2.45, 2.75) is 51.1 Å². The van der Waals surface area contributed by atoms with Gasteiger partial charge in [-0.05, 0) is 45.0 Å². The number of nitrogens with zero attached hydrogens (tertiary/aromatic N) is 1. The molecule has 1 aliphatic rings. The van der Waals surface area contributed by atoms with Gasteiger partial charge >= 0.3 is 0 Å². The van der Waals surface area contributed by atoms with Crippen LogP contribution in [0.4, 0.5) is 0 Å². The molecule has 1 aromatic rings. The lowest BCUT2D eigenvalue weighted by Crippen LogP contribution is -2.33. The normalized spacial score (nSPS) is 16.9. The molecule has 1 aromatic carbocycles. The second-order valence-corrected chi connectivity index (χ2v) is 5.87. The Kier molecular flexibility index (Phi) is 6.38.